The van der Waals surface area contributed by atoms with Crippen LogP contribution in [0, 0.1) is 0 Å². The molecule has 0 aromatic heterocycles. The van der Waals surface area contributed by atoms with Gasteiger partial charge in [0.25, 0.3) is 0 Å². The summed E-state index contributed by atoms with van der Waals surface area (Å²) in [5.41, 5.74) is 0.907. The molecule has 0 radical (unpaired) electrons. The average Bonchev–Trinajstić information content (AvgIpc) is 2.15. The molecule has 2 heterocycles. The van der Waals surface area contributed by atoms with Crippen LogP contribution >= 0.6 is 0 Å². The zero-order chi connectivity index (χ0) is 5.40. The SMILES string of the molecule is B1=NN=C2N=NC=C12. The molecule has 0 unspecified atom stereocenters. The fourth-order valence-electron chi connectivity index (χ4n) is 0.576. The van der Waals surface area contributed by atoms with E-state index in [1.807, 2.05) is 0 Å². The molecule has 8 heavy (non-hydrogen) atoms. The topological polar surface area (TPSA) is 49.4 Å². The number of rotatable bonds is 0. The molecule has 0 amide bonds. The van der Waals surface area contributed by atoms with Gasteiger partial charge in [-0.2, -0.15) is 0 Å². The van der Waals surface area contributed by atoms with Crippen LogP contribution in [0.15, 0.2) is 32.0 Å². The van der Waals surface area contributed by atoms with Crippen molar-refractivity contribution in [1.82, 2.24) is 0 Å². The number of azo groups is 1. The van der Waals surface area contributed by atoms with Gasteiger partial charge in [-0.3, -0.25) is 0 Å². The Labute approximate surface area is 46.0 Å². The van der Waals surface area contributed by atoms with E-state index in [4.69, 9.17) is 0 Å². The Kier molecular flexibility index (Phi) is 0.565. The van der Waals surface area contributed by atoms with E-state index in [0.717, 1.165) is 5.47 Å². The van der Waals surface area contributed by atoms with E-state index in [9.17, 15) is 0 Å². The van der Waals surface area contributed by atoms with Gasteiger partial charge in [-0.15, -0.1) is 0 Å². The zero-order valence-corrected chi connectivity index (χ0v) is 3.94. The second kappa shape index (κ2) is 1.18. The molecule has 36 valence electrons. The van der Waals surface area contributed by atoms with E-state index in [1.165, 1.54) is 0 Å². The van der Waals surface area contributed by atoms with Gasteiger partial charge in [0.2, 0.25) is 0 Å². The molecule has 0 aromatic carbocycles. The van der Waals surface area contributed by atoms with Crippen molar-refractivity contribution in [2.45, 2.75) is 0 Å². The van der Waals surface area contributed by atoms with Crippen molar-refractivity contribution in [3.8, 4) is 0 Å². The van der Waals surface area contributed by atoms with Crippen molar-refractivity contribution < 1.29 is 0 Å². The fraction of sp³-hybridized carbons (Fsp3) is 0. The van der Waals surface area contributed by atoms with Crippen LogP contribution in [0.25, 0.3) is 0 Å². The van der Waals surface area contributed by atoms with Gasteiger partial charge in [-0.05, 0) is 0 Å². The Morgan fingerprint density at radius 2 is 2.50 bits per heavy atom. The molecule has 0 aromatic rings. The standard InChI is InChI=1S/C3HBN4/c1-2-3(6-5-1)7-8-4-2/h1H. The maximum absolute atomic E-state index is 3.66. The summed E-state index contributed by atoms with van der Waals surface area (Å²) in [5, 5.41) is 14.5. The average molecular weight is 104 g/mol. The minimum absolute atomic E-state index is 0.630. The maximum atomic E-state index is 3.66. The molecule has 2 aliphatic rings. The molecule has 5 heteroatoms. The Bertz CT molecular complexity index is 210. The molecule has 0 spiro atoms. The van der Waals surface area contributed by atoms with Crippen molar-refractivity contribution >= 4 is 12.9 Å². The third kappa shape index (κ3) is 0.331. The first-order valence-electron chi connectivity index (χ1n) is 2.19. The molecule has 2 aliphatic heterocycles. The summed E-state index contributed by atoms with van der Waals surface area (Å²) in [6.07, 6.45) is 1.63. The van der Waals surface area contributed by atoms with E-state index in [0.29, 0.717) is 5.84 Å². The van der Waals surface area contributed by atoms with E-state index < -0.39 is 0 Å². The first-order chi connectivity index (χ1) is 3.97. The van der Waals surface area contributed by atoms with Crippen molar-refractivity contribution in [2.75, 3.05) is 0 Å². The summed E-state index contributed by atoms with van der Waals surface area (Å²) < 4.78 is 0. The molecular weight excluding hydrogens is 103 g/mol. The molecule has 0 bridgehead atoms. The van der Waals surface area contributed by atoms with Gasteiger partial charge in [0.05, 0.1) is 0 Å². The molecule has 0 atom stereocenters. The van der Waals surface area contributed by atoms with Crippen LogP contribution in [-0.2, 0) is 0 Å². The monoisotopic (exact) mass is 104 g/mol. The summed E-state index contributed by atoms with van der Waals surface area (Å²) in [7, 11) is 1.63. The van der Waals surface area contributed by atoms with Gasteiger partial charge in [-0.25, -0.2) is 0 Å². The number of hydrogen-bond acceptors (Lipinski definition) is 4. The summed E-state index contributed by atoms with van der Waals surface area (Å²) in [5.74, 6) is 0.630. The van der Waals surface area contributed by atoms with Crippen molar-refractivity contribution in [3.05, 3.63) is 11.7 Å². The van der Waals surface area contributed by atoms with Gasteiger partial charge >= 0.3 is 44.9 Å². The second-order valence-electron chi connectivity index (χ2n) is 1.47. The van der Waals surface area contributed by atoms with Crippen LogP contribution in [0.4, 0.5) is 0 Å². The Balaban J connectivity index is 2.59. The van der Waals surface area contributed by atoms with Crippen LogP contribution in [0.3, 0.4) is 0 Å². The predicted molar refractivity (Wildman–Crippen MR) is 28.6 cm³/mol. The summed E-state index contributed by atoms with van der Waals surface area (Å²) in [6.45, 7) is 0. The van der Waals surface area contributed by atoms with Gasteiger partial charge in [0.1, 0.15) is 0 Å². The Hall–Kier alpha value is -1.13. The normalized spacial score (nSPS) is 20.0. The number of amidine groups is 1. The minimum atomic E-state index is 0.630. The van der Waals surface area contributed by atoms with Gasteiger partial charge < -0.3 is 0 Å². The van der Waals surface area contributed by atoms with Gasteiger partial charge in [-0.1, -0.05) is 0 Å². The van der Waals surface area contributed by atoms with Crippen LogP contribution in [0.1, 0.15) is 0 Å². The third-order valence-corrected chi connectivity index (χ3v) is 0.957. The quantitative estimate of drug-likeness (QED) is 0.402. The van der Waals surface area contributed by atoms with Crippen molar-refractivity contribution in [1.29, 1.82) is 0 Å². The van der Waals surface area contributed by atoms with Gasteiger partial charge in [0.15, 0.2) is 0 Å². The first-order valence-corrected chi connectivity index (χ1v) is 2.19. The molecule has 2 rings (SSSR count). The van der Waals surface area contributed by atoms with E-state index >= 15 is 0 Å². The van der Waals surface area contributed by atoms with Crippen molar-refractivity contribution in [2.24, 2.45) is 20.3 Å². The predicted octanol–water partition coefficient (Wildman–Crippen LogP) is 0.508. The van der Waals surface area contributed by atoms with Crippen LogP contribution < -0.4 is 0 Å². The number of hydrogen-bond donors (Lipinski definition) is 0. The van der Waals surface area contributed by atoms with Crippen molar-refractivity contribution in [3.63, 3.8) is 0 Å². The third-order valence-electron chi connectivity index (χ3n) is 0.957. The van der Waals surface area contributed by atoms with E-state index in [2.05, 4.69) is 20.3 Å². The van der Waals surface area contributed by atoms with E-state index in [-0.39, 0.29) is 0 Å². The van der Waals surface area contributed by atoms with Crippen LogP contribution in [0.5, 0.6) is 0 Å². The summed E-state index contributed by atoms with van der Waals surface area (Å²) >= 11 is 0. The van der Waals surface area contributed by atoms with E-state index in [1.54, 1.807) is 13.3 Å². The molecule has 0 saturated carbocycles. The molecule has 0 fully saturated rings. The van der Waals surface area contributed by atoms with Crippen LogP contribution in [-0.4, -0.2) is 12.9 Å². The molecular formula is C3HBN4. The molecule has 0 N–H and O–H groups in total. The number of fused-ring (bicyclic) bond motifs is 1. The number of nitrogens with zero attached hydrogens (tertiary/aromatic N) is 4. The van der Waals surface area contributed by atoms with Gasteiger partial charge in [0, 0.05) is 0 Å². The summed E-state index contributed by atoms with van der Waals surface area (Å²) in [6, 6.07) is 0. The molecule has 0 aliphatic carbocycles. The zero-order valence-electron chi connectivity index (χ0n) is 3.94. The first kappa shape index (κ1) is 3.83. The Morgan fingerprint density at radius 3 is 3.38 bits per heavy atom. The fourth-order valence-corrected chi connectivity index (χ4v) is 0.576. The Morgan fingerprint density at radius 1 is 1.50 bits per heavy atom. The summed E-state index contributed by atoms with van der Waals surface area (Å²) in [4.78, 5) is 0. The molecule has 0 saturated heterocycles. The molecule has 4 nitrogen and oxygen atoms in total. The van der Waals surface area contributed by atoms with Crippen LogP contribution in [0.2, 0.25) is 0 Å². The second-order valence-corrected chi connectivity index (χ2v) is 1.47.